The molecule has 10 heteroatoms. The van der Waals surface area contributed by atoms with Crippen LogP contribution in [-0.2, 0) is 23.4 Å². The van der Waals surface area contributed by atoms with Gasteiger partial charge in [0.1, 0.15) is 0 Å². The van der Waals surface area contributed by atoms with Gasteiger partial charge in [0.25, 0.3) is 0 Å². The Balaban J connectivity index is 3.93. The van der Waals surface area contributed by atoms with Gasteiger partial charge in [-0.1, -0.05) is 0 Å². The van der Waals surface area contributed by atoms with E-state index < -0.39 is 39.4 Å². The molecule has 3 N–H and O–H groups in total. The van der Waals surface area contributed by atoms with Crippen LogP contribution in [0.25, 0.3) is 0 Å². The first-order valence-electron chi connectivity index (χ1n) is 6.76. The van der Waals surface area contributed by atoms with Crippen LogP contribution in [0.3, 0.4) is 0 Å². The third-order valence-corrected chi connectivity index (χ3v) is 5.56. The molecule has 0 aromatic carbocycles. The van der Waals surface area contributed by atoms with Crippen LogP contribution in [0.15, 0.2) is 0 Å². The predicted molar refractivity (Wildman–Crippen MR) is 74.2 cm³/mol. The van der Waals surface area contributed by atoms with E-state index in [1.54, 1.807) is 0 Å². The summed E-state index contributed by atoms with van der Waals surface area (Å²) in [6, 6.07) is 0. The number of rotatable bonds is 15. The summed E-state index contributed by atoms with van der Waals surface area (Å²) >= 11 is -2.96. The Morgan fingerprint density at radius 1 is 0.636 bits per heavy atom. The van der Waals surface area contributed by atoms with Crippen LogP contribution in [0.5, 0.6) is 0 Å². The first-order valence-corrected chi connectivity index (χ1v) is 9.88. The van der Waals surface area contributed by atoms with Crippen LogP contribution in [0.4, 0.5) is 0 Å². The van der Waals surface area contributed by atoms with E-state index in [-0.39, 0.29) is 39.1 Å². The van der Waals surface area contributed by atoms with E-state index in [1.807, 2.05) is 0 Å². The van der Waals surface area contributed by atoms with Crippen molar-refractivity contribution in [1.29, 1.82) is 0 Å². The maximum absolute atomic E-state index is 10.4. The minimum absolute atomic E-state index is 0.0215. The molecule has 0 aliphatic rings. The van der Waals surface area contributed by atoms with Crippen LogP contribution in [0, 0.1) is 0 Å². The third kappa shape index (κ3) is 15.5. The number of hydrogen-bond donors (Lipinski definition) is 3. The summed E-state index contributed by atoms with van der Waals surface area (Å²) in [6.45, 7) is 0.562. The van der Waals surface area contributed by atoms with Crippen molar-refractivity contribution < 1.29 is 38.7 Å². The number of carbonyl (C=O) groups is 3. The van der Waals surface area contributed by atoms with Crippen LogP contribution in [0.2, 0.25) is 0 Å². The van der Waals surface area contributed by atoms with Gasteiger partial charge in [-0.05, 0) is 0 Å². The number of aliphatic carboxylic acids is 3. The van der Waals surface area contributed by atoms with E-state index in [2.05, 4.69) is 0 Å². The number of carboxylic acids is 3. The molecule has 0 fully saturated rings. The third-order valence-electron chi connectivity index (χ3n) is 2.20. The first-order chi connectivity index (χ1) is 10.4. The van der Waals surface area contributed by atoms with Crippen molar-refractivity contribution in [2.75, 3.05) is 19.8 Å². The van der Waals surface area contributed by atoms with Gasteiger partial charge in [0, 0.05) is 0 Å². The van der Waals surface area contributed by atoms with E-state index in [4.69, 9.17) is 24.4 Å². The molecule has 0 saturated heterocycles. The van der Waals surface area contributed by atoms with Gasteiger partial charge in [0.2, 0.25) is 0 Å². The Bertz CT molecular complexity index is 295. The van der Waals surface area contributed by atoms with Gasteiger partial charge in [0.05, 0.1) is 0 Å². The second-order valence-corrected chi connectivity index (χ2v) is 7.70. The molecular weight excluding hydrogens is 410 g/mol. The summed E-state index contributed by atoms with van der Waals surface area (Å²) in [5.41, 5.74) is 0. The summed E-state index contributed by atoms with van der Waals surface area (Å²) in [4.78, 5) is 31.1. The van der Waals surface area contributed by atoms with E-state index in [9.17, 15) is 14.4 Å². The molecule has 0 heterocycles. The van der Waals surface area contributed by atoms with Gasteiger partial charge in [-0.2, -0.15) is 0 Å². The summed E-state index contributed by atoms with van der Waals surface area (Å²) in [7, 11) is 0. The monoisotopic (exact) mass is 430 g/mol. The van der Waals surface area contributed by atoms with E-state index in [0.29, 0.717) is 19.3 Å². The molecule has 0 amide bonds. The Labute approximate surface area is 136 Å². The van der Waals surface area contributed by atoms with Crippen LogP contribution < -0.4 is 0 Å². The van der Waals surface area contributed by atoms with Crippen molar-refractivity contribution in [3.63, 3.8) is 0 Å². The molecule has 0 aromatic rings. The molecule has 0 aliphatic carbocycles. The van der Waals surface area contributed by atoms with Crippen LogP contribution in [-0.4, -0.2) is 74.5 Å². The first kappa shape index (κ1) is 21.1. The fourth-order valence-corrected chi connectivity index (χ4v) is 4.22. The van der Waals surface area contributed by atoms with E-state index in [0.717, 1.165) is 0 Å². The van der Waals surface area contributed by atoms with E-state index >= 15 is 0 Å². The molecular formula is C12H21O9Sb. The summed E-state index contributed by atoms with van der Waals surface area (Å²) in [5.74, 6) is -2.76. The molecule has 0 spiro atoms. The molecule has 0 unspecified atom stereocenters. The van der Waals surface area contributed by atoms with Gasteiger partial charge in [-0.15, -0.1) is 0 Å². The van der Waals surface area contributed by atoms with Gasteiger partial charge < -0.3 is 0 Å². The Morgan fingerprint density at radius 3 is 1.14 bits per heavy atom. The van der Waals surface area contributed by atoms with Crippen molar-refractivity contribution in [2.24, 2.45) is 0 Å². The van der Waals surface area contributed by atoms with Crippen molar-refractivity contribution in [1.82, 2.24) is 0 Å². The Kier molecular flexibility index (Phi) is 13.2. The maximum atomic E-state index is 10.4. The quantitative estimate of drug-likeness (QED) is 0.252. The fraction of sp³-hybridized carbons (Fsp3) is 0.750. The molecule has 0 saturated carbocycles. The van der Waals surface area contributed by atoms with Gasteiger partial charge >= 0.3 is 136 Å². The second kappa shape index (κ2) is 13.7. The average Bonchev–Trinajstić information content (AvgIpc) is 2.42. The molecule has 0 radical (unpaired) electrons. The molecule has 0 atom stereocenters. The van der Waals surface area contributed by atoms with Gasteiger partial charge in [-0.3, -0.25) is 0 Å². The average molecular weight is 431 g/mol. The van der Waals surface area contributed by atoms with Gasteiger partial charge in [0.15, 0.2) is 0 Å². The predicted octanol–water partition coefficient (Wildman–Crippen LogP) is 0.615. The Hall–Kier alpha value is -0.892. The molecule has 0 aromatic heterocycles. The molecule has 0 aliphatic heterocycles. The zero-order valence-electron chi connectivity index (χ0n) is 12.1. The summed E-state index contributed by atoms with van der Waals surface area (Å²) in [6.07, 6.45) is 0.915. The molecule has 22 heavy (non-hydrogen) atoms. The van der Waals surface area contributed by atoms with Crippen molar-refractivity contribution in [2.45, 2.75) is 38.5 Å². The normalized spacial score (nSPS) is 10.8. The number of carboxylic acid groups (broad SMARTS) is 3. The zero-order valence-corrected chi connectivity index (χ0v) is 14.7. The van der Waals surface area contributed by atoms with E-state index in [1.165, 1.54) is 0 Å². The molecule has 9 nitrogen and oxygen atoms in total. The van der Waals surface area contributed by atoms with Gasteiger partial charge in [-0.25, -0.2) is 0 Å². The number of hydrogen-bond acceptors (Lipinski definition) is 6. The van der Waals surface area contributed by atoms with Crippen molar-refractivity contribution in [3.8, 4) is 0 Å². The minimum atomic E-state index is -2.96. The van der Waals surface area contributed by atoms with Crippen molar-refractivity contribution in [3.05, 3.63) is 0 Å². The van der Waals surface area contributed by atoms with Crippen LogP contribution >= 0.6 is 0 Å². The fourth-order valence-electron chi connectivity index (χ4n) is 1.20. The molecule has 0 bridgehead atoms. The summed E-state index contributed by atoms with van der Waals surface area (Å²) < 4.78 is 16.2. The topological polar surface area (TPSA) is 140 Å². The van der Waals surface area contributed by atoms with Crippen molar-refractivity contribution >= 4 is 39.4 Å². The Morgan fingerprint density at radius 2 is 0.909 bits per heavy atom. The van der Waals surface area contributed by atoms with Crippen LogP contribution in [0.1, 0.15) is 38.5 Å². The zero-order chi connectivity index (χ0) is 16.8. The molecule has 0 rings (SSSR count). The summed E-state index contributed by atoms with van der Waals surface area (Å²) in [5, 5.41) is 25.5. The SMILES string of the molecule is O=C(O)CCC[O][Sb]([O]CCCC(=O)O)[O]CCCC(=O)O. The second-order valence-electron chi connectivity index (χ2n) is 4.22. The standard InChI is InChI=1S/3C4H7O3.Sb/c3*5-3-1-2-4(6)7;/h3*1-3H2,(H,6,7);/q3*-1;+3. The molecule has 128 valence electrons.